The van der Waals surface area contributed by atoms with Crippen LogP contribution in [0.4, 0.5) is 0 Å². The average Bonchev–Trinajstić information content (AvgIpc) is 2.64. The first-order chi connectivity index (χ1) is 7.57. The van der Waals surface area contributed by atoms with Gasteiger partial charge in [-0.05, 0) is 55.4 Å². The number of hydrogen-bond acceptors (Lipinski definition) is 2. The van der Waals surface area contributed by atoms with Crippen molar-refractivity contribution in [1.82, 2.24) is 0 Å². The fourth-order valence-corrected chi connectivity index (χ4v) is 4.06. The first-order valence-corrected chi connectivity index (χ1v) is 7.27. The Bertz CT molecular complexity index is 307. The van der Waals surface area contributed by atoms with Gasteiger partial charge in [-0.15, -0.1) is 11.3 Å². The van der Waals surface area contributed by atoms with Crippen LogP contribution in [0.3, 0.4) is 0 Å². The topological polar surface area (TPSA) is 26.0 Å². The van der Waals surface area contributed by atoms with Crippen LogP contribution in [0.15, 0.2) is 17.5 Å². The second kappa shape index (κ2) is 4.89. The molecule has 2 unspecified atom stereocenters. The lowest BCUT2D eigenvalue weighted by Crippen LogP contribution is -2.46. The third-order valence-electron chi connectivity index (χ3n) is 3.76. The smallest absolute Gasteiger partial charge is 0.0162 e. The van der Waals surface area contributed by atoms with Crippen LogP contribution in [-0.4, -0.2) is 5.54 Å². The Morgan fingerprint density at radius 1 is 1.38 bits per heavy atom. The van der Waals surface area contributed by atoms with E-state index in [2.05, 4.69) is 31.4 Å². The number of nitrogens with two attached hydrogens (primary N) is 1. The average molecular weight is 237 g/mol. The molecule has 1 aliphatic rings. The van der Waals surface area contributed by atoms with E-state index in [0.717, 1.165) is 24.7 Å². The van der Waals surface area contributed by atoms with Gasteiger partial charge in [-0.25, -0.2) is 0 Å². The summed E-state index contributed by atoms with van der Waals surface area (Å²) in [4.78, 5) is 1.48. The Kier molecular flexibility index (Phi) is 3.70. The van der Waals surface area contributed by atoms with Crippen molar-refractivity contribution < 1.29 is 0 Å². The molecule has 0 amide bonds. The molecule has 2 atom stereocenters. The summed E-state index contributed by atoms with van der Waals surface area (Å²) >= 11 is 1.86. The molecule has 16 heavy (non-hydrogen) atoms. The Hall–Kier alpha value is -0.340. The van der Waals surface area contributed by atoms with Gasteiger partial charge in [0.25, 0.3) is 0 Å². The van der Waals surface area contributed by atoms with Gasteiger partial charge in [0.2, 0.25) is 0 Å². The summed E-state index contributed by atoms with van der Waals surface area (Å²) in [5, 5.41) is 2.16. The zero-order valence-electron chi connectivity index (χ0n) is 10.4. The van der Waals surface area contributed by atoms with Gasteiger partial charge in [-0.2, -0.15) is 0 Å². The van der Waals surface area contributed by atoms with Crippen LogP contribution in [0.1, 0.15) is 44.4 Å². The van der Waals surface area contributed by atoms with E-state index < -0.39 is 0 Å². The summed E-state index contributed by atoms with van der Waals surface area (Å²) in [6, 6.07) is 4.36. The summed E-state index contributed by atoms with van der Waals surface area (Å²) in [6.07, 6.45) is 6.10. The van der Waals surface area contributed by atoms with Crippen molar-refractivity contribution in [3.63, 3.8) is 0 Å². The second-order valence-electron chi connectivity index (χ2n) is 5.80. The maximum absolute atomic E-state index is 6.56. The molecule has 0 saturated heterocycles. The van der Waals surface area contributed by atoms with Gasteiger partial charge in [-0.1, -0.05) is 19.9 Å². The molecule has 1 heterocycles. The third kappa shape index (κ3) is 3.08. The van der Waals surface area contributed by atoms with Crippen molar-refractivity contribution in [2.45, 2.75) is 51.5 Å². The number of hydrogen-bond donors (Lipinski definition) is 1. The quantitative estimate of drug-likeness (QED) is 0.849. The molecule has 1 saturated carbocycles. The molecular formula is C14H23NS. The van der Waals surface area contributed by atoms with Gasteiger partial charge in [0.05, 0.1) is 0 Å². The molecule has 1 aliphatic carbocycles. The molecule has 0 aromatic carbocycles. The summed E-state index contributed by atoms with van der Waals surface area (Å²) in [7, 11) is 0. The van der Waals surface area contributed by atoms with E-state index in [4.69, 9.17) is 5.73 Å². The molecule has 90 valence electrons. The maximum Gasteiger partial charge on any atom is 0.0162 e. The van der Waals surface area contributed by atoms with Crippen molar-refractivity contribution in [1.29, 1.82) is 0 Å². The van der Waals surface area contributed by atoms with Gasteiger partial charge in [0.1, 0.15) is 0 Å². The molecule has 1 aromatic rings. The Morgan fingerprint density at radius 2 is 2.06 bits per heavy atom. The monoisotopic (exact) mass is 237 g/mol. The van der Waals surface area contributed by atoms with Crippen LogP contribution in [0, 0.1) is 11.8 Å². The summed E-state index contributed by atoms with van der Waals surface area (Å²) in [5.74, 6) is 1.61. The van der Waals surface area contributed by atoms with Crippen LogP contribution >= 0.6 is 11.3 Å². The maximum atomic E-state index is 6.56. The number of thiophene rings is 1. The van der Waals surface area contributed by atoms with Crippen molar-refractivity contribution in [3.05, 3.63) is 22.4 Å². The minimum absolute atomic E-state index is 0.0983. The summed E-state index contributed by atoms with van der Waals surface area (Å²) in [6.45, 7) is 4.70. The molecule has 2 N–H and O–H groups in total. The molecule has 0 aliphatic heterocycles. The number of rotatable bonds is 3. The zero-order chi connectivity index (χ0) is 11.6. The lowest BCUT2D eigenvalue weighted by Gasteiger charge is -2.40. The Balaban J connectivity index is 1.91. The predicted molar refractivity (Wildman–Crippen MR) is 71.7 cm³/mol. The highest BCUT2D eigenvalue weighted by Gasteiger charge is 2.33. The molecule has 0 radical (unpaired) electrons. The minimum atomic E-state index is 0.0983. The molecule has 2 rings (SSSR count). The first-order valence-electron chi connectivity index (χ1n) is 6.39. The standard InChI is InChI=1S/C14H23NS/c1-11-8-12(2)10-14(15,9-11)6-5-13-4-3-7-16-13/h3-4,7,11-12H,5-6,8-10,15H2,1-2H3. The van der Waals surface area contributed by atoms with Gasteiger partial charge < -0.3 is 5.73 Å². The highest BCUT2D eigenvalue weighted by Crippen LogP contribution is 2.37. The van der Waals surface area contributed by atoms with Crippen molar-refractivity contribution in [2.75, 3.05) is 0 Å². The van der Waals surface area contributed by atoms with Crippen LogP contribution in [-0.2, 0) is 6.42 Å². The highest BCUT2D eigenvalue weighted by atomic mass is 32.1. The van der Waals surface area contributed by atoms with E-state index in [-0.39, 0.29) is 5.54 Å². The zero-order valence-corrected chi connectivity index (χ0v) is 11.2. The van der Waals surface area contributed by atoms with Crippen molar-refractivity contribution >= 4 is 11.3 Å². The Morgan fingerprint density at radius 3 is 2.62 bits per heavy atom. The van der Waals surface area contributed by atoms with E-state index in [1.807, 2.05) is 11.3 Å². The van der Waals surface area contributed by atoms with E-state index >= 15 is 0 Å². The molecule has 1 nitrogen and oxygen atoms in total. The molecule has 2 heteroatoms. The van der Waals surface area contributed by atoms with Gasteiger partial charge in [-0.3, -0.25) is 0 Å². The van der Waals surface area contributed by atoms with Crippen LogP contribution in [0.25, 0.3) is 0 Å². The number of aryl methyl sites for hydroxylation is 1. The fourth-order valence-electron chi connectivity index (χ4n) is 3.36. The highest BCUT2D eigenvalue weighted by molar-refractivity contribution is 7.09. The molecule has 0 spiro atoms. The SMILES string of the molecule is CC1CC(C)CC(N)(CCc2cccs2)C1. The molecule has 1 aromatic heterocycles. The largest absolute Gasteiger partial charge is 0.325 e. The van der Waals surface area contributed by atoms with Crippen molar-refractivity contribution in [3.8, 4) is 0 Å². The first kappa shape index (κ1) is 12.1. The normalized spacial score (nSPS) is 35.2. The lowest BCUT2D eigenvalue weighted by molar-refractivity contribution is 0.174. The molecule has 0 bridgehead atoms. The van der Waals surface area contributed by atoms with Crippen LogP contribution < -0.4 is 5.73 Å². The van der Waals surface area contributed by atoms with Crippen molar-refractivity contribution in [2.24, 2.45) is 17.6 Å². The third-order valence-corrected chi connectivity index (χ3v) is 4.70. The minimum Gasteiger partial charge on any atom is -0.325 e. The molecule has 1 fully saturated rings. The van der Waals surface area contributed by atoms with Gasteiger partial charge in [0.15, 0.2) is 0 Å². The van der Waals surface area contributed by atoms with E-state index in [1.165, 1.54) is 24.1 Å². The van der Waals surface area contributed by atoms with Crippen LogP contribution in [0.5, 0.6) is 0 Å². The predicted octanol–water partition coefficient (Wildman–Crippen LogP) is 3.83. The lowest BCUT2D eigenvalue weighted by atomic mass is 9.70. The fraction of sp³-hybridized carbons (Fsp3) is 0.714. The molecular weight excluding hydrogens is 214 g/mol. The van der Waals surface area contributed by atoms with E-state index in [9.17, 15) is 0 Å². The summed E-state index contributed by atoms with van der Waals surface area (Å²) in [5.41, 5.74) is 6.66. The van der Waals surface area contributed by atoms with Gasteiger partial charge >= 0.3 is 0 Å². The Labute approximate surface area is 103 Å². The summed E-state index contributed by atoms with van der Waals surface area (Å²) < 4.78 is 0. The van der Waals surface area contributed by atoms with E-state index in [1.54, 1.807) is 0 Å². The van der Waals surface area contributed by atoms with E-state index in [0.29, 0.717) is 0 Å². The van der Waals surface area contributed by atoms with Gasteiger partial charge in [0, 0.05) is 10.4 Å². The second-order valence-corrected chi connectivity index (χ2v) is 6.83. The van der Waals surface area contributed by atoms with Crippen LogP contribution in [0.2, 0.25) is 0 Å².